The highest BCUT2D eigenvalue weighted by atomic mass is 16.5. The highest BCUT2D eigenvalue weighted by Gasteiger charge is 2.51. The molecule has 7 nitrogen and oxygen atoms in total. The van der Waals surface area contributed by atoms with Crippen LogP contribution in [-0.2, 0) is 17.6 Å². The van der Waals surface area contributed by atoms with Crippen molar-refractivity contribution in [2.75, 3.05) is 12.4 Å². The van der Waals surface area contributed by atoms with Gasteiger partial charge in [0.05, 0.1) is 12.5 Å². The van der Waals surface area contributed by atoms with Crippen LogP contribution in [0.25, 0.3) is 0 Å². The fourth-order valence-electron chi connectivity index (χ4n) is 4.18. The van der Waals surface area contributed by atoms with Gasteiger partial charge >= 0.3 is 0 Å². The summed E-state index contributed by atoms with van der Waals surface area (Å²) in [5.74, 6) is 1.39. The predicted octanol–water partition coefficient (Wildman–Crippen LogP) is 3.35. The van der Waals surface area contributed by atoms with Crippen LogP contribution in [0.2, 0.25) is 0 Å². The van der Waals surface area contributed by atoms with E-state index < -0.39 is 5.41 Å². The number of allylic oxidation sites excluding steroid dienone is 1. The topological polar surface area (TPSA) is 92.7 Å². The summed E-state index contributed by atoms with van der Waals surface area (Å²) in [5, 5.41) is 6.12. The van der Waals surface area contributed by atoms with Crippen molar-refractivity contribution >= 4 is 29.9 Å². The van der Waals surface area contributed by atoms with E-state index in [1.54, 1.807) is 24.4 Å². The molecule has 1 unspecified atom stereocenters. The van der Waals surface area contributed by atoms with E-state index in [1.165, 1.54) is 7.11 Å². The Morgan fingerprint density at radius 3 is 2.77 bits per heavy atom. The summed E-state index contributed by atoms with van der Waals surface area (Å²) in [6, 6.07) is 9.20. The molecular weight excluding hydrogens is 380 g/mol. The Labute approximate surface area is 174 Å². The molecule has 4 rings (SSSR count). The Morgan fingerprint density at radius 1 is 1.27 bits per heavy atom. The number of nitrogens with one attached hydrogen (secondary N) is 2. The smallest absolute Gasteiger partial charge is 0.237 e. The summed E-state index contributed by atoms with van der Waals surface area (Å²) in [6.07, 6.45) is 5.31. The second-order valence-electron chi connectivity index (χ2n) is 7.30. The molecule has 7 heteroatoms. The van der Waals surface area contributed by atoms with Crippen molar-refractivity contribution in [3.63, 3.8) is 0 Å². The fraction of sp³-hybridized carbons (Fsp3) is 0.217. The molecule has 0 saturated carbocycles. The summed E-state index contributed by atoms with van der Waals surface area (Å²) in [6.45, 7) is 5.73. The zero-order valence-electron chi connectivity index (χ0n) is 16.9. The van der Waals surface area contributed by atoms with Crippen LogP contribution in [0.5, 0.6) is 5.88 Å². The van der Waals surface area contributed by atoms with Gasteiger partial charge in [0.25, 0.3) is 0 Å². The maximum absolute atomic E-state index is 12.9. The standard InChI is InChI=1S/C23H22N4O3/c1-4-18-21(24-5-2)27-22(29)23(18)11-15-6-7-17(10-16(15)12-23)25-19-8-14(13-28)9-20(26-19)30-3/h4-10,13H,1,11-12H2,2-3H3,(H,25,26)(H,27,29)/b24-5-. The molecule has 0 saturated heterocycles. The molecule has 2 N–H and O–H groups in total. The zero-order valence-corrected chi connectivity index (χ0v) is 16.9. The Kier molecular flexibility index (Phi) is 4.95. The quantitative estimate of drug-likeness (QED) is 0.571. The van der Waals surface area contributed by atoms with Crippen molar-refractivity contribution < 1.29 is 14.3 Å². The lowest BCUT2D eigenvalue weighted by molar-refractivity contribution is -0.126. The summed E-state index contributed by atoms with van der Waals surface area (Å²) < 4.78 is 5.16. The van der Waals surface area contributed by atoms with Gasteiger partial charge in [-0.2, -0.15) is 4.98 Å². The first-order valence-corrected chi connectivity index (χ1v) is 9.60. The van der Waals surface area contributed by atoms with E-state index in [-0.39, 0.29) is 5.91 Å². The number of carbonyl (C=O) groups excluding carboxylic acids is 2. The molecule has 2 heterocycles. The van der Waals surface area contributed by atoms with Crippen molar-refractivity contribution in [1.82, 2.24) is 10.3 Å². The van der Waals surface area contributed by atoms with Crippen LogP contribution in [0.15, 0.2) is 59.4 Å². The lowest BCUT2D eigenvalue weighted by Gasteiger charge is -2.21. The van der Waals surface area contributed by atoms with Crippen molar-refractivity contribution in [2.45, 2.75) is 19.8 Å². The molecule has 1 atom stereocenters. The number of nitrogens with zero attached hydrogens (tertiary/aromatic N) is 2. The van der Waals surface area contributed by atoms with Crippen LogP contribution in [0.3, 0.4) is 0 Å². The van der Waals surface area contributed by atoms with Crippen LogP contribution >= 0.6 is 0 Å². The fourth-order valence-corrected chi connectivity index (χ4v) is 4.18. The maximum Gasteiger partial charge on any atom is 0.237 e. The summed E-state index contributed by atoms with van der Waals surface area (Å²) in [5.41, 5.74) is 3.64. The molecule has 0 bridgehead atoms. The third-order valence-corrected chi connectivity index (χ3v) is 5.53. The summed E-state index contributed by atoms with van der Waals surface area (Å²) in [7, 11) is 1.50. The number of aromatic nitrogens is 1. The SMILES string of the molecule is C=CC1=C(/N=C\C)NC(=O)C12Cc1ccc(Nc3cc(C=O)cc(OC)n3)cc1C2. The molecule has 30 heavy (non-hydrogen) atoms. The zero-order chi connectivity index (χ0) is 21.3. The number of aliphatic imine (C=N–C) groups is 1. The average Bonchev–Trinajstić information content (AvgIpc) is 3.24. The van der Waals surface area contributed by atoms with Crippen molar-refractivity contribution in [3.8, 4) is 5.88 Å². The molecule has 1 aliphatic heterocycles. The highest BCUT2D eigenvalue weighted by Crippen LogP contribution is 2.48. The largest absolute Gasteiger partial charge is 0.481 e. The van der Waals surface area contributed by atoms with Gasteiger partial charge in [0.2, 0.25) is 11.8 Å². The summed E-state index contributed by atoms with van der Waals surface area (Å²) >= 11 is 0. The number of amides is 1. The summed E-state index contributed by atoms with van der Waals surface area (Å²) in [4.78, 5) is 32.7. The number of anilines is 2. The molecule has 1 aromatic carbocycles. The number of ether oxygens (including phenoxy) is 1. The lowest BCUT2D eigenvalue weighted by Crippen LogP contribution is -2.34. The Balaban J connectivity index is 1.65. The van der Waals surface area contributed by atoms with Crippen LogP contribution in [0.1, 0.15) is 28.4 Å². The number of aldehydes is 1. The van der Waals surface area contributed by atoms with Gasteiger partial charge in [-0.25, -0.2) is 4.99 Å². The Bertz CT molecular complexity index is 1120. The number of benzene rings is 1. The van der Waals surface area contributed by atoms with E-state index in [1.807, 2.05) is 25.1 Å². The van der Waals surface area contributed by atoms with E-state index >= 15 is 0 Å². The number of fused-ring (bicyclic) bond motifs is 1. The molecule has 152 valence electrons. The number of carbonyl (C=O) groups is 2. The number of hydrogen-bond acceptors (Lipinski definition) is 6. The first-order valence-electron chi connectivity index (χ1n) is 9.60. The van der Waals surface area contributed by atoms with E-state index in [0.717, 1.165) is 28.7 Å². The van der Waals surface area contributed by atoms with E-state index in [9.17, 15) is 9.59 Å². The normalized spacial score (nSPS) is 19.9. The second kappa shape index (κ2) is 7.59. The van der Waals surface area contributed by atoms with Gasteiger partial charge in [0.15, 0.2) is 0 Å². The second-order valence-corrected chi connectivity index (χ2v) is 7.30. The number of hydrogen-bond donors (Lipinski definition) is 2. The molecule has 1 aromatic heterocycles. The molecular formula is C23H22N4O3. The highest BCUT2D eigenvalue weighted by molar-refractivity contribution is 5.94. The van der Waals surface area contributed by atoms with Crippen LogP contribution in [0.4, 0.5) is 11.5 Å². The molecule has 0 radical (unpaired) electrons. The molecule has 2 aliphatic rings. The molecule has 0 fully saturated rings. The van der Waals surface area contributed by atoms with Gasteiger partial charge in [-0.1, -0.05) is 18.7 Å². The Morgan fingerprint density at radius 2 is 2.07 bits per heavy atom. The molecule has 1 amide bonds. The minimum absolute atomic E-state index is 0.0474. The lowest BCUT2D eigenvalue weighted by atomic mass is 9.78. The third-order valence-electron chi connectivity index (χ3n) is 5.53. The number of methoxy groups -OCH3 is 1. The van der Waals surface area contributed by atoms with E-state index in [0.29, 0.717) is 35.9 Å². The first kappa shape index (κ1) is 19.6. The minimum atomic E-state index is -0.677. The molecule has 1 aliphatic carbocycles. The Hall–Kier alpha value is -3.74. The number of pyridine rings is 1. The van der Waals surface area contributed by atoms with Gasteiger partial charge in [0, 0.05) is 29.1 Å². The third kappa shape index (κ3) is 3.18. The van der Waals surface area contributed by atoms with Gasteiger partial charge in [-0.3, -0.25) is 9.59 Å². The van der Waals surface area contributed by atoms with E-state index in [2.05, 4.69) is 27.2 Å². The maximum atomic E-state index is 12.9. The van der Waals surface area contributed by atoms with Crippen molar-refractivity contribution in [3.05, 3.63) is 71.1 Å². The van der Waals surface area contributed by atoms with Gasteiger partial charge in [-0.15, -0.1) is 0 Å². The van der Waals surface area contributed by atoms with Crippen LogP contribution in [0, 0.1) is 5.41 Å². The van der Waals surface area contributed by atoms with Gasteiger partial charge in [-0.05, 0) is 49.1 Å². The van der Waals surface area contributed by atoms with Crippen molar-refractivity contribution in [2.24, 2.45) is 10.4 Å². The van der Waals surface area contributed by atoms with Gasteiger partial charge < -0.3 is 15.4 Å². The monoisotopic (exact) mass is 402 g/mol. The van der Waals surface area contributed by atoms with Crippen LogP contribution < -0.4 is 15.4 Å². The van der Waals surface area contributed by atoms with Crippen molar-refractivity contribution in [1.29, 1.82) is 0 Å². The molecule has 2 aromatic rings. The molecule has 1 spiro atoms. The van der Waals surface area contributed by atoms with Gasteiger partial charge in [0.1, 0.15) is 17.9 Å². The first-order chi connectivity index (χ1) is 14.5. The average molecular weight is 402 g/mol. The minimum Gasteiger partial charge on any atom is -0.481 e. The predicted molar refractivity (Wildman–Crippen MR) is 115 cm³/mol. The van der Waals surface area contributed by atoms with Crippen LogP contribution in [-0.4, -0.2) is 30.5 Å². The van der Waals surface area contributed by atoms with E-state index in [4.69, 9.17) is 4.74 Å². The number of rotatable bonds is 6.